The van der Waals surface area contributed by atoms with Gasteiger partial charge in [0.15, 0.2) is 0 Å². The molecule has 0 aliphatic carbocycles. The van der Waals surface area contributed by atoms with Crippen molar-refractivity contribution in [2.45, 2.75) is 12.1 Å². The van der Waals surface area contributed by atoms with E-state index in [4.69, 9.17) is 19.0 Å². The third-order valence-corrected chi connectivity index (χ3v) is 6.17. The van der Waals surface area contributed by atoms with Crippen LogP contribution in [0.2, 0.25) is 0 Å². The lowest BCUT2D eigenvalue weighted by molar-refractivity contribution is -0.671. The van der Waals surface area contributed by atoms with Gasteiger partial charge in [0.25, 0.3) is 0 Å². The molecule has 8 heteroatoms. The van der Waals surface area contributed by atoms with Gasteiger partial charge in [-0.2, -0.15) is 0 Å². The second-order valence-corrected chi connectivity index (χ2v) is 7.92. The summed E-state index contributed by atoms with van der Waals surface area (Å²) in [4.78, 5) is 20.1. The van der Waals surface area contributed by atoms with Crippen LogP contribution in [0.15, 0.2) is 87.1 Å². The van der Waals surface area contributed by atoms with Gasteiger partial charge in [-0.05, 0) is 51.9 Å². The van der Waals surface area contributed by atoms with Crippen molar-refractivity contribution in [3.05, 3.63) is 94.5 Å². The maximum absolute atomic E-state index is 12.9. The highest BCUT2D eigenvalue weighted by molar-refractivity contribution is 6.12. The quantitative estimate of drug-likeness (QED) is 0.379. The summed E-state index contributed by atoms with van der Waals surface area (Å²) in [6.45, 7) is 0. The molecule has 2 atom stereocenters. The van der Waals surface area contributed by atoms with Crippen LogP contribution < -0.4 is 24.7 Å². The summed E-state index contributed by atoms with van der Waals surface area (Å²) in [6, 6.07) is 23.3. The van der Waals surface area contributed by atoms with E-state index in [1.54, 1.807) is 18.9 Å². The molecule has 6 rings (SSSR count). The van der Waals surface area contributed by atoms with Crippen LogP contribution in [0.5, 0.6) is 11.5 Å². The van der Waals surface area contributed by atoms with E-state index in [1.165, 1.54) is 0 Å². The number of benzene rings is 3. The summed E-state index contributed by atoms with van der Waals surface area (Å²) in [7, 11) is 3.27. The molecule has 4 aromatic rings. The molecule has 3 heterocycles. The van der Waals surface area contributed by atoms with Crippen LogP contribution in [0.1, 0.15) is 17.3 Å². The van der Waals surface area contributed by atoms with Gasteiger partial charge in [-0.15, -0.1) is 0 Å². The zero-order valence-electron chi connectivity index (χ0n) is 18.1. The first-order valence-corrected chi connectivity index (χ1v) is 10.6. The average molecular weight is 441 g/mol. The zero-order valence-corrected chi connectivity index (χ0v) is 18.1. The van der Waals surface area contributed by atoms with E-state index in [1.807, 2.05) is 54.6 Å². The van der Waals surface area contributed by atoms with Crippen LogP contribution in [0.25, 0.3) is 5.69 Å². The van der Waals surface area contributed by atoms with E-state index in [-0.39, 0.29) is 12.1 Å². The second-order valence-electron chi connectivity index (χ2n) is 7.92. The number of ether oxygens (including phenoxy) is 2. The number of H-pyrrole nitrogens is 1. The van der Waals surface area contributed by atoms with Crippen LogP contribution in [0, 0.1) is 0 Å². The first-order chi connectivity index (χ1) is 16.2. The Morgan fingerprint density at radius 1 is 0.909 bits per heavy atom. The summed E-state index contributed by atoms with van der Waals surface area (Å²) in [6.07, 6.45) is 0. The number of aromatic amines is 1. The molecule has 1 fully saturated rings. The van der Waals surface area contributed by atoms with Gasteiger partial charge in [0.1, 0.15) is 23.3 Å². The summed E-state index contributed by atoms with van der Waals surface area (Å²) in [5, 5.41) is 2.73. The molecule has 0 radical (unpaired) electrons. The van der Waals surface area contributed by atoms with E-state index in [0.29, 0.717) is 11.4 Å². The van der Waals surface area contributed by atoms with Crippen molar-refractivity contribution in [2.24, 2.45) is 4.99 Å². The Labute approximate surface area is 189 Å². The standard InChI is InChI=1S/C25H20N4O4/c1-31-17-11-7-15(8-12-17)22-23-21(26-19-5-3-4-6-20(19)28(22)23)24-25(30)33-27-29(24)16-9-13-18(32-2)14-10-16/h3-14,22-23H,1-2H3/p+1. The van der Waals surface area contributed by atoms with E-state index in [0.717, 1.165) is 34.1 Å². The summed E-state index contributed by atoms with van der Waals surface area (Å²) >= 11 is 0. The minimum Gasteiger partial charge on any atom is -0.497 e. The Hall–Kier alpha value is -4.33. The Morgan fingerprint density at radius 3 is 2.27 bits per heavy atom. The lowest BCUT2D eigenvalue weighted by atomic mass is 10.0. The first-order valence-electron chi connectivity index (χ1n) is 10.6. The molecule has 0 spiro atoms. The topological polar surface area (TPSA) is 83.7 Å². The fourth-order valence-electron chi connectivity index (χ4n) is 4.53. The second kappa shape index (κ2) is 7.37. The normalized spacial score (nSPS) is 18.2. The fourth-order valence-corrected chi connectivity index (χ4v) is 4.53. The molecule has 1 aromatic heterocycles. The SMILES string of the molecule is COc1ccc(C2C3C(c4c(=O)o[nH][n+]4-c4ccc(OC)cc4)=Nc4ccccc4N32)cc1. The van der Waals surface area contributed by atoms with Crippen LogP contribution in [0.3, 0.4) is 0 Å². The highest BCUT2D eigenvalue weighted by Crippen LogP contribution is 2.54. The molecule has 2 aliphatic rings. The summed E-state index contributed by atoms with van der Waals surface area (Å²) in [5.74, 6) is 1.53. The third kappa shape index (κ3) is 3.02. The van der Waals surface area contributed by atoms with Gasteiger partial charge in [-0.3, -0.25) is 4.52 Å². The van der Waals surface area contributed by atoms with Gasteiger partial charge in [0, 0.05) is 12.1 Å². The largest absolute Gasteiger partial charge is 0.497 e. The van der Waals surface area contributed by atoms with E-state index in [9.17, 15) is 4.79 Å². The number of aliphatic imine (C=N–C) groups is 1. The molecule has 164 valence electrons. The van der Waals surface area contributed by atoms with Crippen molar-refractivity contribution in [3.8, 4) is 17.2 Å². The minimum absolute atomic E-state index is 0.0527. The predicted molar refractivity (Wildman–Crippen MR) is 122 cm³/mol. The van der Waals surface area contributed by atoms with Crippen LogP contribution in [0.4, 0.5) is 11.4 Å². The number of hydrogen-bond acceptors (Lipinski definition) is 6. The molecule has 0 bridgehead atoms. The number of anilines is 1. The van der Waals surface area contributed by atoms with Gasteiger partial charge >= 0.3 is 11.3 Å². The van der Waals surface area contributed by atoms with Gasteiger partial charge in [-0.1, -0.05) is 24.3 Å². The van der Waals surface area contributed by atoms with E-state index in [2.05, 4.69) is 28.4 Å². The molecule has 1 saturated heterocycles. The molecule has 3 aromatic carbocycles. The molecule has 33 heavy (non-hydrogen) atoms. The minimum atomic E-state index is -0.468. The maximum Gasteiger partial charge on any atom is 0.437 e. The zero-order chi connectivity index (χ0) is 22.5. The van der Waals surface area contributed by atoms with Crippen molar-refractivity contribution < 1.29 is 18.7 Å². The summed E-state index contributed by atoms with van der Waals surface area (Å²) < 4.78 is 17.4. The first kappa shape index (κ1) is 19.4. The molecule has 1 N–H and O–H groups in total. The fraction of sp³-hybridized carbons (Fsp3) is 0.160. The van der Waals surface area contributed by atoms with Crippen LogP contribution in [-0.4, -0.2) is 31.2 Å². The number of hydrogen-bond donors (Lipinski definition) is 1. The average Bonchev–Trinajstić information content (AvgIpc) is 3.51. The molecular formula is C25H21N4O4+. The maximum atomic E-state index is 12.9. The number of fused-ring (bicyclic) bond motifs is 3. The van der Waals surface area contributed by atoms with Crippen molar-refractivity contribution in [1.82, 2.24) is 5.27 Å². The number of rotatable bonds is 5. The van der Waals surface area contributed by atoms with E-state index < -0.39 is 5.63 Å². The monoisotopic (exact) mass is 441 g/mol. The number of nitrogens with zero attached hydrogens (tertiary/aromatic N) is 3. The van der Waals surface area contributed by atoms with Gasteiger partial charge in [0.2, 0.25) is 5.69 Å². The number of methoxy groups -OCH3 is 2. The van der Waals surface area contributed by atoms with Crippen molar-refractivity contribution in [2.75, 3.05) is 19.1 Å². The Balaban J connectivity index is 1.48. The lowest BCUT2D eigenvalue weighted by Gasteiger charge is -2.14. The highest BCUT2D eigenvalue weighted by Gasteiger charge is 2.58. The number of aromatic nitrogens is 2. The lowest BCUT2D eigenvalue weighted by Crippen LogP contribution is -2.43. The van der Waals surface area contributed by atoms with Crippen molar-refractivity contribution in [1.29, 1.82) is 0 Å². The molecular weight excluding hydrogens is 420 g/mol. The summed E-state index contributed by atoms with van der Waals surface area (Å²) in [5.41, 5.74) is 4.31. The number of para-hydroxylation sites is 2. The molecule has 0 saturated carbocycles. The van der Waals surface area contributed by atoms with Crippen LogP contribution in [-0.2, 0) is 0 Å². The van der Waals surface area contributed by atoms with Crippen LogP contribution >= 0.6 is 0 Å². The van der Waals surface area contributed by atoms with Gasteiger partial charge < -0.3 is 14.4 Å². The molecule has 2 aliphatic heterocycles. The van der Waals surface area contributed by atoms with Crippen molar-refractivity contribution in [3.63, 3.8) is 0 Å². The Morgan fingerprint density at radius 2 is 1.58 bits per heavy atom. The highest BCUT2D eigenvalue weighted by atomic mass is 16.5. The van der Waals surface area contributed by atoms with E-state index >= 15 is 0 Å². The third-order valence-electron chi connectivity index (χ3n) is 6.17. The number of nitrogens with one attached hydrogen (secondary N) is 1. The molecule has 0 amide bonds. The van der Waals surface area contributed by atoms with Gasteiger partial charge in [0.05, 0.1) is 31.6 Å². The molecule has 8 nitrogen and oxygen atoms in total. The smallest absolute Gasteiger partial charge is 0.437 e. The predicted octanol–water partition coefficient (Wildman–Crippen LogP) is 3.33. The van der Waals surface area contributed by atoms with Crippen molar-refractivity contribution >= 4 is 17.1 Å². The van der Waals surface area contributed by atoms with Gasteiger partial charge in [-0.25, -0.2) is 9.79 Å². The Kier molecular flexibility index (Phi) is 4.33. The Bertz CT molecular complexity index is 1420. The molecule has 2 unspecified atom stereocenters.